The molecule has 2 amide bonds. The molecule has 0 bridgehead atoms. The van der Waals surface area contributed by atoms with Crippen LogP contribution >= 0.6 is 0 Å². The van der Waals surface area contributed by atoms with E-state index < -0.39 is 11.3 Å². The van der Waals surface area contributed by atoms with Crippen LogP contribution in [-0.2, 0) is 9.47 Å². The highest BCUT2D eigenvalue weighted by Gasteiger charge is 2.44. The average Bonchev–Trinajstić information content (AvgIpc) is 2.67. The highest BCUT2D eigenvalue weighted by Crippen LogP contribution is 2.36. The van der Waals surface area contributed by atoms with Gasteiger partial charge >= 0.3 is 6.09 Å². The van der Waals surface area contributed by atoms with Crippen LogP contribution in [0.3, 0.4) is 0 Å². The van der Waals surface area contributed by atoms with Crippen molar-refractivity contribution in [1.82, 2.24) is 10.2 Å². The molecule has 0 radical (unpaired) electrons. The smallest absolute Gasteiger partial charge is 0.410 e. The Morgan fingerprint density at radius 2 is 1.83 bits per heavy atom. The summed E-state index contributed by atoms with van der Waals surface area (Å²) in [6.45, 7) is 9.49. The third-order valence-corrected chi connectivity index (χ3v) is 5.45. The van der Waals surface area contributed by atoms with E-state index in [0.717, 1.165) is 18.8 Å². The number of ether oxygens (including phenoxy) is 3. The molecule has 0 aliphatic carbocycles. The van der Waals surface area contributed by atoms with E-state index in [1.54, 1.807) is 4.90 Å². The number of nitrogens with one attached hydrogen (secondary N) is 1. The number of piperidine rings is 1. The molecular weight excluding hydrogens is 374 g/mol. The van der Waals surface area contributed by atoms with Gasteiger partial charge in [0.2, 0.25) is 0 Å². The van der Waals surface area contributed by atoms with E-state index in [1.165, 1.54) is 0 Å². The molecule has 0 unspecified atom stereocenters. The predicted molar refractivity (Wildman–Crippen MR) is 107 cm³/mol. The van der Waals surface area contributed by atoms with Crippen molar-refractivity contribution in [3.05, 3.63) is 23.8 Å². The van der Waals surface area contributed by atoms with E-state index in [4.69, 9.17) is 14.2 Å². The van der Waals surface area contributed by atoms with E-state index in [1.807, 2.05) is 39.0 Å². The lowest BCUT2D eigenvalue weighted by molar-refractivity contribution is -0.0366. The maximum absolute atomic E-state index is 12.9. The lowest BCUT2D eigenvalue weighted by Crippen LogP contribution is -2.61. The number of amides is 2. The van der Waals surface area contributed by atoms with Gasteiger partial charge in [-0.25, -0.2) is 4.79 Å². The van der Waals surface area contributed by atoms with Gasteiger partial charge in [0.25, 0.3) is 5.91 Å². The number of carbonyl (C=O) groups is 2. The second-order valence-corrected chi connectivity index (χ2v) is 8.80. The number of likely N-dealkylation sites (tertiary alicyclic amines) is 1. The minimum atomic E-state index is -0.775. The molecule has 2 saturated heterocycles. The number of carbonyl (C=O) groups excluding carboxylic acids is 2. The molecule has 0 atom stereocenters. The van der Waals surface area contributed by atoms with Crippen LogP contribution in [0.15, 0.2) is 18.2 Å². The second kappa shape index (κ2) is 7.40. The molecule has 1 N–H and O–H groups in total. The number of benzene rings is 1. The number of rotatable bonds is 1. The van der Waals surface area contributed by atoms with Gasteiger partial charge in [-0.2, -0.15) is 0 Å². The molecule has 4 rings (SSSR count). The minimum Gasteiger partial charge on any atom is -0.467 e. The first kappa shape index (κ1) is 19.8. The third-order valence-electron chi connectivity index (χ3n) is 5.45. The van der Waals surface area contributed by atoms with Crippen molar-refractivity contribution in [2.24, 2.45) is 0 Å². The lowest BCUT2D eigenvalue weighted by atomic mass is 9.97. The van der Waals surface area contributed by atoms with Gasteiger partial charge in [-0.05, 0) is 39.0 Å². The monoisotopic (exact) mass is 403 g/mol. The van der Waals surface area contributed by atoms with Crippen LogP contribution in [0.1, 0.15) is 44.0 Å². The Labute approximate surface area is 171 Å². The zero-order valence-corrected chi connectivity index (χ0v) is 17.3. The van der Waals surface area contributed by atoms with Gasteiger partial charge in [0.1, 0.15) is 11.4 Å². The van der Waals surface area contributed by atoms with Crippen molar-refractivity contribution in [3.8, 4) is 5.75 Å². The zero-order valence-electron chi connectivity index (χ0n) is 17.3. The van der Waals surface area contributed by atoms with E-state index >= 15 is 0 Å². The van der Waals surface area contributed by atoms with Gasteiger partial charge < -0.3 is 29.3 Å². The summed E-state index contributed by atoms with van der Waals surface area (Å²) < 4.78 is 17.1. The van der Waals surface area contributed by atoms with Crippen molar-refractivity contribution in [3.63, 3.8) is 0 Å². The quantitative estimate of drug-likeness (QED) is 0.776. The molecule has 1 aromatic rings. The van der Waals surface area contributed by atoms with Gasteiger partial charge in [0.15, 0.2) is 5.72 Å². The van der Waals surface area contributed by atoms with Crippen LogP contribution in [0.25, 0.3) is 0 Å². The molecule has 8 heteroatoms. The number of anilines is 1. The van der Waals surface area contributed by atoms with Crippen molar-refractivity contribution in [2.45, 2.75) is 44.9 Å². The minimum absolute atomic E-state index is 0.132. The van der Waals surface area contributed by atoms with Crippen LogP contribution < -0.4 is 15.0 Å². The molecule has 3 aliphatic heterocycles. The normalized spacial score (nSPS) is 21.3. The van der Waals surface area contributed by atoms with Crippen molar-refractivity contribution < 1.29 is 23.8 Å². The molecule has 29 heavy (non-hydrogen) atoms. The van der Waals surface area contributed by atoms with E-state index in [9.17, 15) is 9.59 Å². The number of nitrogens with zero attached hydrogens (tertiary/aromatic N) is 2. The molecular formula is C21H29N3O5. The molecule has 0 aromatic heterocycles. The third kappa shape index (κ3) is 4.27. The Bertz CT molecular complexity index is 790. The summed E-state index contributed by atoms with van der Waals surface area (Å²) >= 11 is 0. The lowest BCUT2D eigenvalue weighted by Gasteiger charge is -2.44. The molecule has 1 aromatic carbocycles. The van der Waals surface area contributed by atoms with Crippen molar-refractivity contribution in [1.29, 1.82) is 0 Å². The molecule has 3 aliphatic rings. The largest absolute Gasteiger partial charge is 0.467 e. The molecule has 1 spiro atoms. The first-order chi connectivity index (χ1) is 13.7. The summed E-state index contributed by atoms with van der Waals surface area (Å²) in [5.74, 6) is 0.462. The van der Waals surface area contributed by atoms with Crippen LogP contribution in [0.2, 0.25) is 0 Å². The Morgan fingerprint density at radius 3 is 2.48 bits per heavy atom. The Morgan fingerprint density at radius 1 is 1.14 bits per heavy atom. The fourth-order valence-electron chi connectivity index (χ4n) is 3.92. The van der Waals surface area contributed by atoms with E-state index in [-0.39, 0.29) is 12.0 Å². The maximum Gasteiger partial charge on any atom is 0.410 e. The molecule has 2 fully saturated rings. The van der Waals surface area contributed by atoms with Crippen LogP contribution in [0.5, 0.6) is 5.75 Å². The molecule has 0 saturated carbocycles. The van der Waals surface area contributed by atoms with Gasteiger partial charge in [-0.1, -0.05) is 0 Å². The zero-order chi connectivity index (χ0) is 20.6. The van der Waals surface area contributed by atoms with Gasteiger partial charge in [0.05, 0.1) is 18.8 Å². The molecule has 8 nitrogen and oxygen atoms in total. The topological polar surface area (TPSA) is 80.3 Å². The maximum atomic E-state index is 12.9. The first-order valence-corrected chi connectivity index (χ1v) is 10.2. The fraction of sp³-hybridized carbons (Fsp3) is 0.619. The Balaban J connectivity index is 1.44. The summed E-state index contributed by atoms with van der Waals surface area (Å²) in [6, 6.07) is 5.76. The summed E-state index contributed by atoms with van der Waals surface area (Å²) in [6.07, 6.45) is 0.704. The highest BCUT2D eigenvalue weighted by atomic mass is 16.6. The van der Waals surface area contributed by atoms with Crippen molar-refractivity contribution >= 4 is 17.7 Å². The first-order valence-electron chi connectivity index (χ1n) is 10.2. The number of morpholine rings is 1. The summed E-state index contributed by atoms with van der Waals surface area (Å²) in [5.41, 5.74) is 0.248. The number of hydrogen-bond donors (Lipinski definition) is 1. The van der Waals surface area contributed by atoms with Crippen molar-refractivity contribution in [2.75, 3.05) is 44.3 Å². The summed E-state index contributed by atoms with van der Waals surface area (Å²) in [4.78, 5) is 29.0. The average molecular weight is 403 g/mol. The Kier molecular flexibility index (Phi) is 5.06. The van der Waals surface area contributed by atoms with E-state index in [0.29, 0.717) is 50.5 Å². The van der Waals surface area contributed by atoms with Crippen LogP contribution in [-0.4, -0.2) is 67.6 Å². The Hall–Kier alpha value is -2.48. The van der Waals surface area contributed by atoms with Gasteiger partial charge in [-0.3, -0.25) is 4.79 Å². The molecule has 158 valence electrons. The van der Waals surface area contributed by atoms with Gasteiger partial charge in [0, 0.05) is 44.7 Å². The highest BCUT2D eigenvalue weighted by molar-refractivity contribution is 5.99. The second-order valence-electron chi connectivity index (χ2n) is 8.80. The van der Waals surface area contributed by atoms with Crippen LogP contribution in [0.4, 0.5) is 10.5 Å². The molecule has 3 heterocycles. The summed E-state index contributed by atoms with van der Waals surface area (Å²) in [7, 11) is 0. The van der Waals surface area contributed by atoms with Crippen LogP contribution in [0, 0.1) is 0 Å². The summed E-state index contributed by atoms with van der Waals surface area (Å²) in [5, 5.41) is 3.04. The number of hydrogen-bond acceptors (Lipinski definition) is 6. The van der Waals surface area contributed by atoms with Gasteiger partial charge in [-0.15, -0.1) is 0 Å². The standard InChI is InChI=1S/C21H29N3O5/c1-20(2,3)29-19(26)24-8-6-21(7-9-24)22-18(25)16-14-15(4-5-17(16)28-21)23-10-12-27-13-11-23/h4-5,14H,6-13H2,1-3H3,(H,22,25). The number of fused-ring (bicyclic) bond motifs is 1. The SMILES string of the molecule is CC(C)(C)OC(=O)N1CCC2(CC1)NC(=O)c1cc(N3CCOCC3)ccc1O2. The fourth-order valence-corrected chi connectivity index (χ4v) is 3.92. The predicted octanol–water partition coefficient (Wildman–Crippen LogP) is 2.37. The van der Waals surface area contributed by atoms with E-state index in [2.05, 4.69) is 10.2 Å².